The number of nitrogens with one attached hydrogen (secondary N) is 1. The molecule has 6 nitrogen and oxygen atoms in total. The number of carbonyl (C=O) groups is 2. The lowest BCUT2D eigenvalue weighted by atomic mass is 10.3. The second kappa shape index (κ2) is 7.81. The Kier molecular flexibility index (Phi) is 6.40. The van der Waals surface area contributed by atoms with E-state index in [4.69, 9.17) is 9.84 Å². The Morgan fingerprint density at radius 3 is 2.75 bits per heavy atom. The summed E-state index contributed by atoms with van der Waals surface area (Å²) in [6.07, 6.45) is 0. The fraction of sp³-hybridized carbons (Fsp3) is 0.333. The second-order valence-electron chi connectivity index (χ2n) is 3.69. The maximum absolute atomic E-state index is 12.8. The Labute approximate surface area is 123 Å². The van der Waals surface area contributed by atoms with Crippen molar-refractivity contribution in [2.24, 2.45) is 0 Å². The summed E-state index contributed by atoms with van der Waals surface area (Å²) in [5.74, 6) is -1.55. The van der Waals surface area contributed by atoms with Gasteiger partial charge in [0.25, 0.3) is 5.91 Å². The maximum atomic E-state index is 12.8. The molecule has 1 aromatic carbocycles. The first-order valence-electron chi connectivity index (χ1n) is 5.53. The maximum Gasteiger partial charge on any atom is 0.330 e. The van der Waals surface area contributed by atoms with Gasteiger partial charge in [-0.3, -0.25) is 4.79 Å². The third-order valence-corrected chi connectivity index (χ3v) is 2.88. The van der Waals surface area contributed by atoms with E-state index in [1.165, 1.54) is 18.2 Å². The molecule has 20 heavy (non-hydrogen) atoms. The minimum atomic E-state index is -1.15. The van der Waals surface area contributed by atoms with Crippen LogP contribution in [0.25, 0.3) is 0 Å². The number of methoxy groups -OCH3 is 1. The van der Waals surface area contributed by atoms with Crippen LogP contribution >= 0.6 is 15.9 Å². The lowest BCUT2D eigenvalue weighted by Gasteiger charge is -2.14. The zero-order valence-corrected chi connectivity index (χ0v) is 12.1. The number of benzene rings is 1. The van der Waals surface area contributed by atoms with Gasteiger partial charge < -0.3 is 19.9 Å². The molecule has 1 rings (SSSR count). The summed E-state index contributed by atoms with van der Waals surface area (Å²) in [4.78, 5) is 22.7. The number of rotatable bonds is 6. The standard InChI is InChI=1S/C12H13BrFNO5/c1-19-12(18)9(5-16)15-11(17)6-20-10-3-2-7(14)4-8(10)13/h2-4,9,16H,5-6H2,1H3,(H,15,17)/t9-/m0/s1. The summed E-state index contributed by atoms with van der Waals surface area (Å²) in [6.45, 7) is -0.976. The van der Waals surface area contributed by atoms with Crippen molar-refractivity contribution in [3.63, 3.8) is 0 Å². The van der Waals surface area contributed by atoms with Crippen LogP contribution in [0.3, 0.4) is 0 Å². The van der Waals surface area contributed by atoms with Crippen LogP contribution in [0, 0.1) is 5.82 Å². The molecular formula is C12H13BrFNO5. The Morgan fingerprint density at radius 2 is 2.20 bits per heavy atom. The lowest BCUT2D eigenvalue weighted by molar-refractivity contribution is -0.146. The van der Waals surface area contributed by atoms with E-state index in [1.54, 1.807) is 0 Å². The van der Waals surface area contributed by atoms with Gasteiger partial charge in [0.15, 0.2) is 12.6 Å². The molecule has 1 amide bonds. The monoisotopic (exact) mass is 349 g/mol. The fourth-order valence-corrected chi connectivity index (χ4v) is 1.76. The Bertz CT molecular complexity index is 497. The van der Waals surface area contributed by atoms with Crippen LogP contribution in [0.5, 0.6) is 5.75 Å². The van der Waals surface area contributed by atoms with Crippen molar-refractivity contribution in [3.05, 3.63) is 28.5 Å². The van der Waals surface area contributed by atoms with Gasteiger partial charge in [-0.2, -0.15) is 0 Å². The summed E-state index contributed by atoms with van der Waals surface area (Å²) in [7, 11) is 1.14. The first kappa shape index (κ1) is 16.4. The highest BCUT2D eigenvalue weighted by Crippen LogP contribution is 2.25. The van der Waals surface area contributed by atoms with Gasteiger partial charge in [0.1, 0.15) is 11.6 Å². The predicted octanol–water partition coefficient (Wildman–Crippen LogP) is 0.617. The molecule has 0 radical (unpaired) electrons. The number of hydrogen-bond donors (Lipinski definition) is 2. The number of carbonyl (C=O) groups excluding carboxylic acids is 2. The topological polar surface area (TPSA) is 84.9 Å². The smallest absolute Gasteiger partial charge is 0.330 e. The van der Waals surface area contributed by atoms with E-state index in [9.17, 15) is 14.0 Å². The lowest BCUT2D eigenvalue weighted by Crippen LogP contribution is -2.45. The second-order valence-corrected chi connectivity index (χ2v) is 4.54. The van der Waals surface area contributed by atoms with Crippen molar-refractivity contribution in [2.45, 2.75) is 6.04 Å². The van der Waals surface area contributed by atoms with Crippen LogP contribution in [0.1, 0.15) is 0 Å². The van der Waals surface area contributed by atoms with Crippen molar-refractivity contribution >= 4 is 27.8 Å². The molecule has 0 fully saturated rings. The number of halogens is 2. The van der Waals surface area contributed by atoms with Crippen LogP contribution in [-0.2, 0) is 14.3 Å². The van der Waals surface area contributed by atoms with E-state index >= 15 is 0 Å². The number of aliphatic hydroxyl groups excluding tert-OH is 1. The van der Waals surface area contributed by atoms with Crippen molar-refractivity contribution in [3.8, 4) is 5.75 Å². The van der Waals surface area contributed by atoms with Gasteiger partial charge in [0.05, 0.1) is 18.2 Å². The summed E-state index contributed by atoms with van der Waals surface area (Å²) in [6, 6.07) is 2.59. The van der Waals surface area contributed by atoms with Crippen molar-refractivity contribution < 1.29 is 28.6 Å². The molecule has 0 aliphatic rings. The minimum absolute atomic E-state index is 0.278. The molecular weight excluding hydrogens is 337 g/mol. The van der Waals surface area contributed by atoms with Gasteiger partial charge in [0.2, 0.25) is 0 Å². The van der Waals surface area contributed by atoms with Crippen molar-refractivity contribution in [1.82, 2.24) is 5.32 Å². The zero-order chi connectivity index (χ0) is 15.1. The number of aliphatic hydroxyl groups is 1. The van der Waals surface area contributed by atoms with E-state index in [0.717, 1.165) is 7.11 Å². The average Bonchev–Trinajstić information content (AvgIpc) is 2.43. The van der Waals surface area contributed by atoms with Crippen LogP contribution in [0.15, 0.2) is 22.7 Å². The van der Waals surface area contributed by atoms with Crippen molar-refractivity contribution in [1.29, 1.82) is 0 Å². The molecule has 0 aromatic heterocycles. The first-order chi connectivity index (χ1) is 9.47. The van der Waals surface area contributed by atoms with Crippen LogP contribution in [0.4, 0.5) is 4.39 Å². The van der Waals surface area contributed by atoms with E-state index in [2.05, 4.69) is 26.0 Å². The Morgan fingerprint density at radius 1 is 1.50 bits per heavy atom. The van der Waals surface area contributed by atoms with Crippen molar-refractivity contribution in [2.75, 3.05) is 20.3 Å². The van der Waals surface area contributed by atoms with Gasteiger partial charge in [-0.25, -0.2) is 9.18 Å². The van der Waals surface area contributed by atoms with E-state index in [0.29, 0.717) is 4.47 Å². The SMILES string of the molecule is COC(=O)[C@H](CO)NC(=O)COc1ccc(F)cc1Br. The summed E-state index contributed by atoms with van der Waals surface area (Å²) in [5.41, 5.74) is 0. The third kappa shape index (κ3) is 4.78. The number of ether oxygens (including phenoxy) is 2. The molecule has 0 saturated carbocycles. The summed E-state index contributed by atoms with van der Waals surface area (Å²) < 4.78 is 22.8. The largest absolute Gasteiger partial charge is 0.483 e. The van der Waals surface area contributed by atoms with Gasteiger partial charge in [-0.05, 0) is 34.1 Å². The molecule has 0 bridgehead atoms. The first-order valence-corrected chi connectivity index (χ1v) is 6.33. The average molecular weight is 350 g/mol. The van der Waals surface area contributed by atoms with E-state index in [-0.39, 0.29) is 5.75 Å². The minimum Gasteiger partial charge on any atom is -0.483 e. The molecule has 0 aliphatic carbocycles. The molecule has 8 heteroatoms. The highest BCUT2D eigenvalue weighted by Gasteiger charge is 2.20. The molecule has 2 N–H and O–H groups in total. The molecule has 1 aromatic rings. The van der Waals surface area contributed by atoms with Gasteiger partial charge in [0, 0.05) is 0 Å². The predicted molar refractivity (Wildman–Crippen MR) is 70.6 cm³/mol. The van der Waals surface area contributed by atoms with Gasteiger partial charge in [-0.15, -0.1) is 0 Å². The number of hydrogen-bond acceptors (Lipinski definition) is 5. The van der Waals surface area contributed by atoms with Crippen LogP contribution < -0.4 is 10.1 Å². The third-order valence-electron chi connectivity index (χ3n) is 2.26. The number of amides is 1. The van der Waals surface area contributed by atoms with Crippen LogP contribution in [-0.4, -0.2) is 43.3 Å². The summed E-state index contributed by atoms with van der Waals surface area (Å²) >= 11 is 3.09. The van der Waals surface area contributed by atoms with Gasteiger partial charge in [-0.1, -0.05) is 0 Å². The summed E-state index contributed by atoms with van der Waals surface area (Å²) in [5, 5.41) is 11.2. The molecule has 0 spiro atoms. The van der Waals surface area contributed by atoms with E-state index in [1.807, 2.05) is 0 Å². The van der Waals surface area contributed by atoms with Gasteiger partial charge >= 0.3 is 5.97 Å². The highest BCUT2D eigenvalue weighted by atomic mass is 79.9. The van der Waals surface area contributed by atoms with Crippen LogP contribution in [0.2, 0.25) is 0 Å². The molecule has 1 atom stereocenters. The molecule has 0 unspecified atom stereocenters. The quantitative estimate of drug-likeness (QED) is 0.735. The molecule has 0 saturated heterocycles. The molecule has 0 aliphatic heterocycles. The normalized spacial score (nSPS) is 11.6. The zero-order valence-electron chi connectivity index (χ0n) is 10.6. The fourth-order valence-electron chi connectivity index (χ4n) is 1.29. The molecule has 110 valence electrons. The number of esters is 1. The highest BCUT2D eigenvalue weighted by molar-refractivity contribution is 9.10. The Hall–Kier alpha value is -1.67. The Balaban J connectivity index is 2.52. The molecule has 0 heterocycles. The van der Waals surface area contributed by atoms with E-state index < -0.39 is 36.9 Å².